The predicted molar refractivity (Wildman–Crippen MR) is 141 cm³/mol. The Labute approximate surface area is 228 Å². The first-order valence-corrected chi connectivity index (χ1v) is 13.1. The summed E-state index contributed by atoms with van der Waals surface area (Å²) >= 11 is 0. The van der Waals surface area contributed by atoms with Gasteiger partial charge in [-0.1, -0.05) is 48.6 Å². The molecule has 0 radical (unpaired) electrons. The summed E-state index contributed by atoms with van der Waals surface area (Å²) in [5, 5.41) is 13.9. The van der Waals surface area contributed by atoms with Crippen LogP contribution in [0.5, 0.6) is 5.75 Å². The van der Waals surface area contributed by atoms with Gasteiger partial charge in [0.15, 0.2) is 11.4 Å². The van der Waals surface area contributed by atoms with E-state index in [9.17, 15) is 28.3 Å². The molecule has 6 rings (SSSR count). The number of aliphatic hydroxyl groups is 1. The van der Waals surface area contributed by atoms with Gasteiger partial charge in [0, 0.05) is 36.5 Å². The van der Waals surface area contributed by atoms with E-state index in [0.717, 1.165) is 11.6 Å². The molecule has 8 nitrogen and oxygen atoms in total. The maximum atomic E-state index is 14.2. The van der Waals surface area contributed by atoms with Crippen molar-refractivity contribution in [1.82, 2.24) is 14.8 Å². The van der Waals surface area contributed by atoms with E-state index in [-0.39, 0.29) is 54.7 Å². The molecule has 1 aromatic heterocycles. The molecule has 0 fully saturated rings. The normalized spacial score (nSPS) is 22.6. The van der Waals surface area contributed by atoms with Crippen LogP contribution in [0.2, 0.25) is 0 Å². The lowest BCUT2D eigenvalue weighted by atomic mass is 9.87. The summed E-state index contributed by atoms with van der Waals surface area (Å²) in [4.78, 5) is 43.0. The summed E-state index contributed by atoms with van der Waals surface area (Å²) in [6, 6.07) is 11.8. The van der Waals surface area contributed by atoms with Crippen molar-refractivity contribution in [2.45, 2.75) is 50.6 Å². The number of fused-ring (bicyclic) bond motifs is 1. The molecule has 1 spiro atoms. The zero-order valence-electron chi connectivity index (χ0n) is 21.7. The number of benzene rings is 2. The quantitative estimate of drug-likeness (QED) is 0.462. The molecule has 0 aliphatic carbocycles. The number of hydrogen-bond donors (Lipinski definition) is 2. The zero-order chi connectivity index (χ0) is 28.2. The van der Waals surface area contributed by atoms with Crippen molar-refractivity contribution < 1.29 is 28.2 Å². The molecule has 3 aliphatic heterocycles. The van der Waals surface area contributed by atoms with Gasteiger partial charge < -0.3 is 24.6 Å². The maximum absolute atomic E-state index is 14.2. The summed E-state index contributed by atoms with van der Waals surface area (Å²) < 4.78 is 35.2. The molecule has 3 aliphatic rings. The van der Waals surface area contributed by atoms with E-state index < -0.39 is 40.5 Å². The van der Waals surface area contributed by atoms with Crippen LogP contribution >= 0.6 is 0 Å². The molecule has 2 bridgehead atoms. The summed E-state index contributed by atoms with van der Waals surface area (Å²) in [6.07, 6.45) is 3.07. The number of hydrogen-bond acceptors (Lipinski definition) is 5. The van der Waals surface area contributed by atoms with Gasteiger partial charge in [0.1, 0.15) is 23.8 Å². The number of nitrogens with zero attached hydrogens (tertiary/aromatic N) is 2. The minimum atomic E-state index is -0.990. The number of carbonyl (C=O) groups excluding carboxylic acids is 2. The Morgan fingerprint density at radius 2 is 1.93 bits per heavy atom. The highest BCUT2D eigenvalue weighted by Crippen LogP contribution is 2.45. The van der Waals surface area contributed by atoms with Crippen LogP contribution in [0.4, 0.5) is 8.78 Å². The second-order valence-electron chi connectivity index (χ2n) is 10.5. The van der Waals surface area contributed by atoms with Gasteiger partial charge >= 0.3 is 0 Å². The van der Waals surface area contributed by atoms with Crippen LogP contribution in [-0.4, -0.2) is 45.1 Å². The number of amides is 2. The summed E-state index contributed by atoms with van der Waals surface area (Å²) in [7, 11) is 0. The number of nitrogens with one attached hydrogen (secondary N) is 1. The van der Waals surface area contributed by atoms with Gasteiger partial charge in [-0.15, -0.1) is 0 Å². The van der Waals surface area contributed by atoms with Crippen molar-refractivity contribution in [3.63, 3.8) is 0 Å². The minimum absolute atomic E-state index is 0.00964. The zero-order valence-corrected chi connectivity index (χ0v) is 21.7. The van der Waals surface area contributed by atoms with Gasteiger partial charge in [-0.3, -0.25) is 14.4 Å². The largest absolute Gasteiger partial charge is 0.483 e. The molecule has 4 heterocycles. The first-order valence-electron chi connectivity index (χ1n) is 13.1. The van der Waals surface area contributed by atoms with E-state index in [4.69, 9.17) is 4.74 Å². The monoisotopic (exact) mass is 547 g/mol. The van der Waals surface area contributed by atoms with Gasteiger partial charge in [0.25, 0.3) is 11.8 Å². The van der Waals surface area contributed by atoms with Crippen molar-refractivity contribution in [2.24, 2.45) is 0 Å². The molecular formula is C30H27F2N3O5. The van der Waals surface area contributed by atoms with Gasteiger partial charge in [-0.05, 0) is 31.4 Å². The highest BCUT2D eigenvalue weighted by atomic mass is 19.1. The number of ether oxygens (including phenoxy) is 1. The van der Waals surface area contributed by atoms with Crippen molar-refractivity contribution in [3.8, 4) is 5.75 Å². The number of halogens is 2. The summed E-state index contributed by atoms with van der Waals surface area (Å²) in [5.41, 5.74) is -0.838. The van der Waals surface area contributed by atoms with Crippen molar-refractivity contribution in [1.29, 1.82) is 0 Å². The van der Waals surface area contributed by atoms with E-state index in [1.165, 1.54) is 6.07 Å². The molecular weight excluding hydrogens is 520 g/mol. The molecule has 3 aromatic rings. The Bertz CT molecular complexity index is 1620. The van der Waals surface area contributed by atoms with Crippen LogP contribution in [-0.2, 0) is 25.1 Å². The van der Waals surface area contributed by atoms with Gasteiger partial charge in [-0.2, -0.15) is 0 Å². The minimum Gasteiger partial charge on any atom is -0.483 e. The Hall–Kier alpha value is -4.31. The van der Waals surface area contributed by atoms with E-state index in [1.54, 1.807) is 21.6 Å². The van der Waals surface area contributed by atoms with E-state index in [0.29, 0.717) is 18.2 Å². The molecule has 2 N–H and O–H groups in total. The number of rotatable bonds is 6. The van der Waals surface area contributed by atoms with Crippen LogP contribution in [0.3, 0.4) is 0 Å². The van der Waals surface area contributed by atoms with Crippen molar-refractivity contribution >= 4 is 11.8 Å². The maximum Gasteiger partial charge on any atom is 0.275 e. The number of aliphatic hydroxyl groups excluding tert-OH is 1. The first-order chi connectivity index (χ1) is 19.2. The van der Waals surface area contributed by atoms with Gasteiger partial charge in [-0.25, -0.2) is 8.78 Å². The molecule has 0 unspecified atom stereocenters. The second-order valence-corrected chi connectivity index (χ2v) is 10.5. The molecule has 2 amide bonds. The number of pyridine rings is 1. The third kappa shape index (κ3) is 4.02. The molecule has 0 saturated heterocycles. The SMILES string of the molecule is C[C@H]1C=C[C@H](O)[C@]23CCc4c(C(=O)NCc5ccc(F)cc5F)c(=O)c(OCc5ccccc5)c(n42)C(=O)N1C3. The first kappa shape index (κ1) is 25.9. The van der Waals surface area contributed by atoms with E-state index >= 15 is 0 Å². The van der Waals surface area contributed by atoms with E-state index in [1.807, 2.05) is 37.3 Å². The Balaban J connectivity index is 1.48. The average molecular weight is 548 g/mol. The number of aromatic nitrogens is 1. The average Bonchev–Trinajstić information content (AvgIpc) is 3.27. The molecule has 206 valence electrons. The lowest BCUT2D eigenvalue weighted by Crippen LogP contribution is -2.58. The van der Waals surface area contributed by atoms with Crippen LogP contribution in [0, 0.1) is 11.6 Å². The highest BCUT2D eigenvalue weighted by molar-refractivity contribution is 6.01. The summed E-state index contributed by atoms with van der Waals surface area (Å²) in [6.45, 7) is 1.72. The van der Waals surface area contributed by atoms with Crippen LogP contribution in [0.15, 0.2) is 65.5 Å². The predicted octanol–water partition coefficient (Wildman–Crippen LogP) is 3.05. The van der Waals surface area contributed by atoms with E-state index in [2.05, 4.69) is 5.32 Å². The van der Waals surface area contributed by atoms with Crippen LogP contribution in [0.1, 0.15) is 51.0 Å². The smallest absolute Gasteiger partial charge is 0.275 e. The van der Waals surface area contributed by atoms with Crippen LogP contribution in [0.25, 0.3) is 0 Å². The Morgan fingerprint density at radius 3 is 2.67 bits per heavy atom. The van der Waals surface area contributed by atoms with Gasteiger partial charge in [0.2, 0.25) is 5.43 Å². The van der Waals surface area contributed by atoms with Crippen molar-refractivity contribution in [3.05, 3.63) is 111 Å². The highest BCUT2D eigenvalue weighted by Gasteiger charge is 2.55. The fraction of sp³-hybridized carbons (Fsp3) is 0.300. The fourth-order valence-corrected chi connectivity index (χ4v) is 6.00. The Morgan fingerprint density at radius 1 is 1.15 bits per heavy atom. The van der Waals surface area contributed by atoms with Crippen LogP contribution < -0.4 is 15.5 Å². The lowest BCUT2D eigenvalue weighted by Gasteiger charge is -2.45. The number of carbonyl (C=O) groups is 2. The third-order valence-corrected chi connectivity index (χ3v) is 8.10. The molecule has 10 heteroatoms. The third-order valence-electron chi connectivity index (χ3n) is 8.10. The fourth-order valence-electron chi connectivity index (χ4n) is 6.00. The standard InChI is InChI=1S/C30H27F2N3O5/c1-17-7-10-23(36)30-12-11-22-24(28(38)33-14-19-8-9-20(31)13-21(19)32)26(37)27(40-15-18-5-3-2-4-6-18)25(35(22)30)29(39)34(17)16-30/h2-10,13,17,23,36H,11-12,14-16H2,1H3,(H,33,38)/t17-,23-,30+/m0/s1. The molecule has 2 aromatic carbocycles. The summed E-state index contributed by atoms with van der Waals surface area (Å²) in [5.74, 6) is -3.05. The lowest BCUT2D eigenvalue weighted by molar-refractivity contribution is 0.0183. The van der Waals surface area contributed by atoms with Crippen molar-refractivity contribution in [2.75, 3.05) is 6.54 Å². The molecule has 0 saturated carbocycles. The second kappa shape index (κ2) is 9.71. The molecule has 3 atom stereocenters. The molecule has 40 heavy (non-hydrogen) atoms. The van der Waals surface area contributed by atoms with Gasteiger partial charge in [0.05, 0.1) is 11.6 Å². The Kier molecular flexibility index (Phi) is 6.29. The topological polar surface area (TPSA) is 101 Å².